The van der Waals surface area contributed by atoms with E-state index in [-0.39, 0.29) is 12.2 Å². The first-order valence-electron chi connectivity index (χ1n) is 7.01. The number of benzene rings is 1. The predicted octanol–water partition coefficient (Wildman–Crippen LogP) is 2.05. The van der Waals surface area contributed by atoms with Crippen LogP contribution in [-0.2, 0) is 16.6 Å². The van der Waals surface area contributed by atoms with Gasteiger partial charge in [-0.25, -0.2) is 17.8 Å². The van der Waals surface area contributed by atoms with Crippen LogP contribution in [0.2, 0.25) is 0 Å². The molecule has 0 saturated heterocycles. The van der Waals surface area contributed by atoms with E-state index < -0.39 is 21.1 Å². The summed E-state index contributed by atoms with van der Waals surface area (Å²) in [6.07, 6.45) is 3.48. The lowest BCUT2D eigenvalue weighted by Crippen LogP contribution is -2.38. The maximum Gasteiger partial charge on any atom is 0.237 e. The molecule has 0 N–H and O–H groups in total. The van der Waals surface area contributed by atoms with Crippen molar-refractivity contribution in [2.24, 2.45) is 0 Å². The Morgan fingerprint density at radius 1 is 1.32 bits per heavy atom. The van der Waals surface area contributed by atoms with E-state index in [4.69, 9.17) is 0 Å². The molecule has 0 spiro atoms. The number of nitrogens with zero attached hydrogens (tertiary/aromatic N) is 4. The summed E-state index contributed by atoms with van der Waals surface area (Å²) in [4.78, 5) is 3.83. The first-order valence-corrected chi connectivity index (χ1v) is 8.51. The molecule has 0 bridgehead atoms. The van der Waals surface area contributed by atoms with E-state index in [1.807, 2.05) is 0 Å². The van der Waals surface area contributed by atoms with Gasteiger partial charge in [0.25, 0.3) is 0 Å². The van der Waals surface area contributed by atoms with Gasteiger partial charge in [-0.15, -0.1) is 0 Å². The van der Waals surface area contributed by atoms with Gasteiger partial charge in [0.1, 0.15) is 18.5 Å². The van der Waals surface area contributed by atoms with Gasteiger partial charge in [-0.05, 0) is 32.4 Å². The van der Waals surface area contributed by atoms with E-state index in [0.29, 0.717) is 13.0 Å². The Bertz CT molecular complexity index is 701. The van der Waals surface area contributed by atoms with Crippen molar-refractivity contribution in [3.05, 3.63) is 42.7 Å². The Balaban J connectivity index is 2.21. The van der Waals surface area contributed by atoms with Crippen molar-refractivity contribution in [1.82, 2.24) is 14.8 Å². The topological polar surface area (TPSA) is 68.1 Å². The van der Waals surface area contributed by atoms with Crippen molar-refractivity contribution in [3.8, 4) is 0 Å². The summed E-state index contributed by atoms with van der Waals surface area (Å²) >= 11 is 0. The lowest BCUT2D eigenvalue weighted by molar-refractivity contribution is 0.556. The smallest absolute Gasteiger partial charge is 0.237 e. The highest BCUT2D eigenvalue weighted by Gasteiger charge is 2.27. The van der Waals surface area contributed by atoms with Gasteiger partial charge in [-0.2, -0.15) is 5.10 Å². The van der Waals surface area contributed by atoms with E-state index in [1.165, 1.54) is 24.5 Å². The number of hydrogen-bond donors (Lipinski definition) is 0. The average molecular weight is 326 g/mol. The minimum Gasteiger partial charge on any atom is -0.267 e. The summed E-state index contributed by atoms with van der Waals surface area (Å²) in [7, 11) is -3.61. The van der Waals surface area contributed by atoms with Crippen LogP contribution < -0.4 is 4.31 Å². The van der Waals surface area contributed by atoms with E-state index >= 15 is 0 Å². The minimum absolute atomic E-state index is 0.0785. The van der Waals surface area contributed by atoms with Gasteiger partial charge < -0.3 is 0 Å². The monoisotopic (exact) mass is 326 g/mol. The van der Waals surface area contributed by atoms with Crippen LogP contribution >= 0.6 is 0 Å². The van der Waals surface area contributed by atoms with Crippen LogP contribution in [0.1, 0.15) is 20.3 Å². The van der Waals surface area contributed by atoms with Crippen LogP contribution in [0.5, 0.6) is 0 Å². The zero-order valence-electron chi connectivity index (χ0n) is 12.6. The maximum absolute atomic E-state index is 14.0. The normalized spacial score (nSPS) is 11.8. The second kappa shape index (κ2) is 6.87. The molecule has 2 aromatic rings. The van der Waals surface area contributed by atoms with E-state index in [9.17, 15) is 12.8 Å². The fourth-order valence-corrected chi connectivity index (χ4v) is 3.33. The number of rotatable bonds is 7. The highest BCUT2D eigenvalue weighted by Crippen LogP contribution is 2.24. The summed E-state index contributed by atoms with van der Waals surface area (Å²) in [6.45, 7) is 3.86. The van der Waals surface area contributed by atoms with Crippen LogP contribution in [-0.4, -0.2) is 35.0 Å². The quantitative estimate of drug-likeness (QED) is 0.781. The van der Waals surface area contributed by atoms with Crippen molar-refractivity contribution >= 4 is 15.7 Å². The second-order valence-electron chi connectivity index (χ2n) is 5.13. The zero-order chi connectivity index (χ0) is 16.2. The molecule has 0 amide bonds. The Hall–Kier alpha value is -1.96. The molecule has 1 heterocycles. The summed E-state index contributed by atoms with van der Waals surface area (Å²) < 4.78 is 41.8. The van der Waals surface area contributed by atoms with Crippen LogP contribution in [0.25, 0.3) is 0 Å². The molecule has 0 aliphatic carbocycles. The molecule has 0 aliphatic rings. The first kappa shape index (κ1) is 16.4. The fourth-order valence-electron chi connectivity index (χ4n) is 2.02. The number of anilines is 1. The highest BCUT2D eigenvalue weighted by molar-refractivity contribution is 7.93. The van der Waals surface area contributed by atoms with Crippen LogP contribution in [0.3, 0.4) is 0 Å². The molecule has 0 aliphatic heterocycles. The summed E-state index contributed by atoms with van der Waals surface area (Å²) in [6, 6.07) is 5.90. The number of para-hydroxylation sites is 1. The minimum atomic E-state index is -3.61. The molecule has 0 unspecified atom stereocenters. The van der Waals surface area contributed by atoms with Crippen molar-refractivity contribution in [2.45, 2.75) is 32.1 Å². The molecular formula is C14H19FN4O2S. The molecular weight excluding hydrogens is 307 g/mol. The highest BCUT2D eigenvalue weighted by atomic mass is 32.2. The van der Waals surface area contributed by atoms with Gasteiger partial charge in [0.2, 0.25) is 10.0 Å². The molecule has 1 aromatic carbocycles. The Morgan fingerprint density at radius 2 is 2.05 bits per heavy atom. The van der Waals surface area contributed by atoms with Gasteiger partial charge >= 0.3 is 0 Å². The number of aryl methyl sites for hydroxylation is 1. The van der Waals surface area contributed by atoms with Gasteiger partial charge in [-0.1, -0.05) is 12.1 Å². The molecule has 22 heavy (non-hydrogen) atoms. The number of hydrogen-bond acceptors (Lipinski definition) is 4. The van der Waals surface area contributed by atoms with E-state index in [0.717, 1.165) is 4.31 Å². The molecule has 120 valence electrons. The Kier molecular flexibility index (Phi) is 5.12. The molecule has 8 heteroatoms. The van der Waals surface area contributed by atoms with Gasteiger partial charge in [-0.3, -0.25) is 8.99 Å². The van der Waals surface area contributed by atoms with Gasteiger partial charge in [0, 0.05) is 13.1 Å². The summed E-state index contributed by atoms with van der Waals surface area (Å²) in [5, 5.41) is 3.34. The van der Waals surface area contributed by atoms with Gasteiger partial charge in [0.05, 0.1) is 10.9 Å². The Morgan fingerprint density at radius 3 is 2.64 bits per heavy atom. The van der Waals surface area contributed by atoms with Crippen molar-refractivity contribution in [2.75, 3.05) is 10.8 Å². The van der Waals surface area contributed by atoms with Crippen molar-refractivity contribution < 1.29 is 12.8 Å². The van der Waals surface area contributed by atoms with Crippen molar-refractivity contribution in [1.29, 1.82) is 0 Å². The lowest BCUT2D eigenvalue weighted by Gasteiger charge is -2.26. The van der Waals surface area contributed by atoms with Crippen LogP contribution in [0, 0.1) is 5.82 Å². The van der Waals surface area contributed by atoms with E-state index in [1.54, 1.807) is 30.9 Å². The van der Waals surface area contributed by atoms with Gasteiger partial charge in [0.15, 0.2) is 0 Å². The number of halogens is 1. The summed E-state index contributed by atoms with van der Waals surface area (Å²) in [5.74, 6) is -0.549. The molecule has 0 saturated carbocycles. The lowest BCUT2D eigenvalue weighted by atomic mass is 10.3. The predicted molar refractivity (Wildman–Crippen MR) is 82.4 cm³/mol. The molecule has 2 rings (SSSR count). The molecule has 1 aromatic heterocycles. The largest absolute Gasteiger partial charge is 0.267 e. The summed E-state index contributed by atoms with van der Waals surface area (Å²) in [5.41, 5.74) is 0.0785. The van der Waals surface area contributed by atoms with E-state index in [2.05, 4.69) is 10.1 Å². The molecule has 0 atom stereocenters. The molecule has 6 nitrogen and oxygen atoms in total. The first-order chi connectivity index (χ1) is 10.4. The van der Waals surface area contributed by atoms with Crippen LogP contribution in [0.4, 0.5) is 10.1 Å². The van der Waals surface area contributed by atoms with Crippen molar-refractivity contribution in [3.63, 3.8) is 0 Å². The second-order valence-corrected chi connectivity index (χ2v) is 7.54. The number of sulfonamides is 1. The third kappa shape index (κ3) is 3.62. The zero-order valence-corrected chi connectivity index (χ0v) is 13.4. The third-order valence-corrected chi connectivity index (χ3v) is 5.42. The SMILES string of the molecule is CC(C)S(=O)(=O)N(CCCn1cncn1)c1ccccc1F. The Labute approximate surface area is 129 Å². The standard InChI is InChI=1S/C14H19FN4O2S/c1-12(2)22(20,21)19(14-7-4-3-6-13(14)15)9-5-8-18-11-16-10-17-18/h3-4,6-7,10-12H,5,8-9H2,1-2H3. The third-order valence-electron chi connectivity index (χ3n) is 3.24. The molecule has 0 radical (unpaired) electrons. The number of aromatic nitrogens is 3. The fraction of sp³-hybridized carbons (Fsp3) is 0.429. The maximum atomic E-state index is 14.0. The molecule has 0 fully saturated rings. The van der Waals surface area contributed by atoms with Crippen LogP contribution in [0.15, 0.2) is 36.9 Å². The average Bonchev–Trinajstić information content (AvgIpc) is 2.97.